The van der Waals surface area contributed by atoms with Crippen molar-refractivity contribution in [1.82, 2.24) is 10.4 Å². The Hall–Kier alpha value is 0.170. The van der Waals surface area contributed by atoms with Gasteiger partial charge in [-0.25, -0.2) is 5.01 Å². The van der Waals surface area contributed by atoms with Gasteiger partial charge in [0.15, 0.2) is 0 Å². The SMILES string of the molecule is CNN(C)C(C)N.Cl. The minimum absolute atomic E-state index is 0. The fourth-order valence-corrected chi connectivity index (χ4v) is 0.204. The molecule has 0 rings (SSSR count). The van der Waals surface area contributed by atoms with Gasteiger partial charge in [-0.05, 0) is 14.0 Å². The molecule has 0 fully saturated rings. The van der Waals surface area contributed by atoms with Crippen LogP contribution in [0.4, 0.5) is 0 Å². The van der Waals surface area contributed by atoms with Gasteiger partial charge in [0.05, 0.1) is 6.17 Å². The summed E-state index contributed by atoms with van der Waals surface area (Å²) in [6.45, 7) is 1.91. The summed E-state index contributed by atoms with van der Waals surface area (Å²) in [5, 5.41) is 1.82. The Kier molecular flexibility index (Phi) is 7.32. The van der Waals surface area contributed by atoms with E-state index >= 15 is 0 Å². The van der Waals surface area contributed by atoms with E-state index in [-0.39, 0.29) is 18.6 Å². The fourth-order valence-electron chi connectivity index (χ4n) is 0.204. The maximum Gasteiger partial charge on any atom is 0.0675 e. The first-order chi connectivity index (χ1) is 3.18. The van der Waals surface area contributed by atoms with E-state index in [4.69, 9.17) is 5.73 Å². The van der Waals surface area contributed by atoms with Crippen molar-refractivity contribution in [3.8, 4) is 0 Å². The van der Waals surface area contributed by atoms with E-state index in [1.165, 1.54) is 0 Å². The molecule has 0 aliphatic carbocycles. The number of rotatable bonds is 2. The molecule has 1 atom stereocenters. The summed E-state index contributed by atoms with van der Waals surface area (Å²) in [4.78, 5) is 0. The summed E-state index contributed by atoms with van der Waals surface area (Å²) in [6.07, 6.45) is 0.0880. The largest absolute Gasteiger partial charge is 0.315 e. The van der Waals surface area contributed by atoms with Gasteiger partial charge in [-0.1, -0.05) is 0 Å². The molecule has 0 saturated carbocycles. The van der Waals surface area contributed by atoms with Crippen molar-refractivity contribution < 1.29 is 0 Å². The lowest BCUT2D eigenvalue weighted by Crippen LogP contribution is -2.43. The molecule has 0 aliphatic heterocycles. The molecule has 0 aromatic carbocycles. The van der Waals surface area contributed by atoms with Crippen molar-refractivity contribution in [3.05, 3.63) is 0 Å². The predicted molar refractivity (Wildman–Crippen MR) is 37.7 cm³/mol. The van der Waals surface area contributed by atoms with Gasteiger partial charge in [-0.15, -0.1) is 12.4 Å². The standard InChI is InChI=1S/C4H13N3.ClH/c1-4(5)7(3)6-2;/h4,6H,5H2,1-3H3;1H. The van der Waals surface area contributed by atoms with Crippen LogP contribution >= 0.6 is 12.4 Å². The zero-order valence-electron chi connectivity index (χ0n) is 5.51. The van der Waals surface area contributed by atoms with Crippen molar-refractivity contribution in [2.75, 3.05) is 14.1 Å². The summed E-state index contributed by atoms with van der Waals surface area (Å²) >= 11 is 0. The lowest BCUT2D eigenvalue weighted by atomic mass is 10.6. The number of nitrogens with zero attached hydrogens (tertiary/aromatic N) is 1. The highest BCUT2D eigenvalue weighted by Crippen LogP contribution is 1.75. The smallest absolute Gasteiger partial charge is 0.0675 e. The van der Waals surface area contributed by atoms with Crippen LogP contribution < -0.4 is 11.2 Å². The molecule has 4 heteroatoms. The molecule has 0 bridgehead atoms. The lowest BCUT2D eigenvalue weighted by Gasteiger charge is -2.18. The Morgan fingerprint density at radius 1 is 1.62 bits per heavy atom. The second-order valence-corrected chi connectivity index (χ2v) is 1.58. The van der Waals surface area contributed by atoms with Gasteiger partial charge in [0.25, 0.3) is 0 Å². The Morgan fingerprint density at radius 2 is 2.00 bits per heavy atom. The molecule has 0 aliphatic rings. The Balaban J connectivity index is 0. The quantitative estimate of drug-likeness (QED) is 0.411. The molecule has 0 aromatic rings. The third-order valence-electron chi connectivity index (χ3n) is 0.964. The molecule has 8 heavy (non-hydrogen) atoms. The van der Waals surface area contributed by atoms with Crippen LogP contribution in [0.5, 0.6) is 0 Å². The van der Waals surface area contributed by atoms with Crippen LogP contribution in [-0.4, -0.2) is 25.3 Å². The van der Waals surface area contributed by atoms with Crippen molar-refractivity contribution in [2.45, 2.75) is 13.1 Å². The zero-order valence-corrected chi connectivity index (χ0v) is 6.33. The van der Waals surface area contributed by atoms with Crippen LogP contribution in [0.2, 0.25) is 0 Å². The van der Waals surface area contributed by atoms with Gasteiger partial charge in [-0.2, -0.15) is 0 Å². The van der Waals surface area contributed by atoms with Crippen LogP contribution in [0.1, 0.15) is 6.92 Å². The van der Waals surface area contributed by atoms with Crippen molar-refractivity contribution >= 4 is 12.4 Å². The van der Waals surface area contributed by atoms with Crippen LogP contribution in [-0.2, 0) is 0 Å². The molecule has 3 nitrogen and oxygen atoms in total. The molecule has 0 aromatic heterocycles. The maximum atomic E-state index is 5.41. The van der Waals surface area contributed by atoms with Gasteiger partial charge >= 0.3 is 0 Å². The molecule has 1 unspecified atom stereocenters. The highest BCUT2D eigenvalue weighted by molar-refractivity contribution is 5.85. The fraction of sp³-hybridized carbons (Fsp3) is 1.00. The Morgan fingerprint density at radius 3 is 2.00 bits per heavy atom. The summed E-state index contributed by atoms with van der Waals surface area (Å²) in [7, 11) is 3.73. The normalized spacial score (nSPS) is 13.1. The van der Waals surface area contributed by atoms with Gasteiger partial charge < -0.3 is 5.73 Å². The number of halogens is 1. The van der Waals surface area contributed by atoms with Gasteiger partial charge in [-0.3, -0.25) is 5.43 Å². The highest BCUT2D eigenvalue weighted by Gasteiger charge is 1.95. The summed E-state index contributed by atoms with van der Waals surface area (Å²) < 4.78 is 0. The average Bonchev–Trinajstić information content (AvgIpc) is 1.65. The van der Waals surface area contributed by atoms with Gasteiger partial charge in [0, 0.05) is 7.05 Å². The van der Waals surface area contributed by atoms with Gasteiger partial charge in [0.1, 0.15) is 0 Å². The van der Waals surface area contributed by atoms with E-state index in [2.05, 4.69) is 5.43 Å². The van der Waals surface area contributed by atoms with Crippen LogP contribution in [0.3, 0.4) is 0 Å². The van der Waals surface area contributed by atoms with E-state index in [9.17, 15) is 0 Å². The molecule has 0 saturated heterocycles. The van der Waals surface area contributed by atoms with Crippen LogP contribution in [0.25, 0.3) is 0 Å². The summed E-state index contributed by atoms with van der Waals surface area (Å²) in [5.74, 6) is 0. The Bertz CT molecular complexity index is 48.5. The van der Waals surface area contributed by atoms with Crippen molar-refractivity contribution in [3.63, 3.8) is 0 Å². The summed E-state index contributed by atoms with van der Waals surface area (Å²) in [5.41, 5.74) is 8.28. The third-order valence-corrected chi connectivity index (χ3v) is 0.964. The van der Waals surface area contributed by atoms with Crippen LogP contribution in [0, 0.1) is 0 Å². The monoisotopic (exact) mass is 139 g/mol. The third kappa shape index (κ3) is 4.33. The number of nitrogens with two attached hydrogens (primary N) is 1. The molecular formula is C4H14ClN3. The maximum absolute atomic E-state index is 5.41. The molecule has 0 amide bonds. The van der Waals surface area contributed by atoms with Crippen molar-refractivity contribution in [2.24, 2.45) is 5.73 Å². The number of hydrogen-bond acceptors (Lipinski definition) is 3. The number of hydrazine groups is 1. The second-order valence-electron chi connectivity index (χ2n) is 1.58. The molecule has 3 N–H and O–H groups in total. The van der Waals surface area contributed by atoms with E-state index in [1.807, 2.05) is 26.0 Å². The number of nitrogens with one attached hydrogen (secondary N) is 1. The number of hydrogen-bond donors (Lipinski definition) is 2. The Labute approximate surface area is 56.6 Å². The first-order valence-corrected chi connectivity index (χ1v) is 2.34. The zero-order chi connectivity index (χ0) is 5.86. The minimum Gasteiger partial charge on any atom is -0.315 e. The van der Waals surface area contributed by atoms with E-state index in [0.29, 0.717) is 0 Å². The lowest BCUT2D eigenvalue weighted by molar-refractivity contribution is 0.198. The summed E-state index contributed by atoms with van der Waals surface area (Å²) in [6, 6.07) is 0. The first kappa shape index (κ1) is 11.0. The molecule has 0 heterocycles. The van der Waals surface area contributed by atoms with E-state index in [0.717, 1.165) is 0 Å². The van der Waals surface area contributed by atoms with Crippen molar-refractivity contribution in [1.29, 1.82) is 0 Å². The highest BCUT2D eigenvalue weighted by atomic mass is 35.5. The van der Waals surface area contributed by atoms with E-state index < -0.39 is 0 Å². The average molecular weight is 140 g/mol. The minimum atomic E-state index is 0. The second kappa shape index (κ2) is 5.31. The van der Waals surface area contributed by atoms with E-state index in [1.54, 1.807) is 0 Å². The molecule has 0 spiro atoms. The first-order valence-electron chi connectivity index (χ1n) is 2.34. The molecule has 0 radical (unpaired) electrons. The van der Waals surface area contributed by atoms with Gasteiger partial charge in [0.2, 0.25) is 0 Å². The topological polar surface area (TPSA) is 41.3 Å². The molecular weight excluding hydrogens is 126 g/mol. The van der Waals surface area contributed by atoms with Crippen LogP contribution in [0.15, 0.2) is 0 Å². The predicted octanol–water partition coefficient (Wildman–Crippen LogP) is -0.221. The molecule has 52 valence electrons.